The van der Waals surface area contributed by atoms with Gasteiger partial charge in [-0.3, -0.25) is 9.78 Å². The molecule has 4 heterocycles. The summed E-state index contributed by atoms with van der Waals surface area (Å²) in [6, 6.07) is 11.5. The van der Waals surface area contributed by atoms with Crippen molar-refractivity contribution in [2.45, 2.75) is 37.4 Å². The van der Waals surface area contributed by atoms with Gasteiger partial charge in [0.25, 0.3) is 5.91 Å². The van der Waals surface area contributed by atoms with Gasteiger partial charge in [0.15, 0.2) is 0 Å². The van der Waals surface area contributed by atoms with Gasteiger partial charge in [-0.15, -0.1) is 11.3 Å². The second-order valence-corrected chi connectivity index (χ2v) is 7.61. The number of carbonyl (C=O) groups is 1. The fraction of sp³-hybridized carbons (Fsp3) is 0.333. The lowest BCUT2D eigenvalue weighted by Gasteiger charge is -2.21. The van der Waals surface area contributed by atoms with Crippen molar-refractivity contribution in [3.05, 3.63) is 42.2 Å². The molecule has 2 fully saturated rings. The zero-order chi connectivity index (χ0) is 15.4. The molecule has 0 radical (unpaired) electrons. The quantitative estimate of drug-likeness (QED) is 0.762. The van der Waals surface area contributed by atoms with Gasteiger partial charge in [0.1, 0.15) is 5.69 Å². The zero-order valence-electron chi connectivity index (χ0n) is 12.6. The second kappa shape index (κ2) is 5.01. The number of carbonyl (C=O) groups excluding carboxylic acids is 1. The van der Waals surface area contributed by atoms with E-state index >= 15 is 0 Å². The summed E-state index contributed by atoms with van der Waals surface area (Å²) < 4.78 is 2.36. The molecule has 2 aliphatic heterocycles. The van der Waals surface area contributed by atoms with Crippen LogP contribution in [-0.4, -0.2) is 29.0 Å². The Bertz CT molecular complexity index is 919. The summed E-state index contributed by atoms with van der Waals surface area (Å²) >= 11 is 1.72. The number of pyridine rings is 1. The smallest absolute Gasteiger partial charge is 0.270 e. The van der Waals surface area contributed by atoms with Crippen LogP contribution in [0.1, 0.15) is 29.8 Å². The predicted octanol–water partition coefficient (Wildman–Crippen LogP) is 3.07. The SMILES string of the molecule is O=C(N[C@@H]1CC2CCC1N2)c1cc2sc3ccccc3c2cn1. The molecule has 3 atom stereocenters. The normalized spacial score (nSPS) is 26.2. The minimum Gasteiger partial charge on any atom is -0.346 e. The molecule has 0 spiro atoms. The number of aromatic nitrogens is 1. The molecule has 2 N–H and O–H groups in total. The number of thiophene rings is 1. The van der Waals surface area contributed by atoms with Crippen molar-refractivity contribution in [3.8, 4) is 0 Å². The number of rotatable bonds is 2. The zero-order valence-corrected chi connectivity index (χ0v) is 13.4. The molecular weight excluding hydrogens is 306 g/mol. The molecular formula is C18H17N3OS. The highest BCUT2D eigenvalue weighted by Crippen LogP contribution is 2.33. The van der Waals surface area contributed by atoms with Gasteiger partial charge in [0, 0.05) is 44.5 Å². The van der Waals surface area contributed by atoms with Crippen LogP contribution in [0.4, 0.5) is 0 Å². The van der Waals surface area contributed by atoms with Crippen molar-refractivity contribution in [2.24, 2.45) is 0 Å². The average Bonchev–Trinajstić information content (AvgIpc) is 3.27. The molecule has 1 amide bonds. The van der Waals surface area contributed by atoms with E-state index in [0.29, 0.717) is 17.8 Å². The summed E-state index contributed by atoms with van der Waals surface area (Å²) in [7, 11) is 0. The Morgan fingerprint density at radius 2 is 2.13 bits per heavy atom. The van der Waals surface area contributed by atoms with E-state index in [9.17, 15) is 4.79 Å². The highest BCUT2D eigenvalue weighted by Gasteiger charge is 2.39. The van der Waals surface area contributed by atoms with Crippen molar-refractivity contribution >= 4 is 37.4 Å². The van der Waals surface area contributed by atoms with Crippen LogP contribution >= 0.6 is 11.3 Å². The topological polar surface area (TPSA) is 54.0 Å². The van der Waals surface area contributed by atoms with Crippen LogP contribution < -0.4 is 10.6 Å². The van der Waals surface area contributed by atoms with Crippen LogP contribution in [0.5, 0.6) is 0 Å². The van der Waals surface area contributed by atoms with E-state index in [1.165, 1.54) is 22.9 Å². The number of benzene rings is 1. The Balaban J connectivity index is 1.45. The minimum absolute atomic E-state index is 0.0521. The van der Waals surface area contributed by atoms with Gasteiger partial charge >= 0.3 is 0 Å². The Hall–Kier alpha value is -1.98. The molecule has 3 aromatic rings. The van der Waals surface area contributed by atoms with Gasteiger partial charge in [-0.1, -0.05) is 18.2 Å². The van der Waals surface area contributed by atoms with Crippen LogP contribution in [0.2, 0.25) is 0 Å². The largest absolute Gasteiger partial charge is 0.346 e. The molecule has 0 aliphatic carbocycles. The van der Waals surface area contributed by atoms with Gasteiger partial charge < -0.3 is 10.6 Å². The number of hydrogen-bond donors (Lipinski definition) is 2. The molecule has 2 aliphatic rings. The molecule has 5 rings (SSSR count). The molecule has 116 valence electrons. The van der Waals surface area contributed by atoms with E-state index in [1.54, 1.807) is 11.3 Å². The molecule has 5 heteroatoms. The maximum Gasteiger partial charge on any atom is 0.270 e. The van der Waals surface area contributed by atoms with Crippen molar-refractivity contribution in [3.63, 3.8) is 0 Å². The van der Waals surface area contributed by atoms with Crippen molar-refractivity contribution < 1.29 is 4.79 Å². The van der Waals surface area contributed by atoms with Gasteiger partial charge in [0.2, 0.25) is 0 Å². The van der Waals surface area contributed by atoms with Crippen LogP contribution in [0.3, 0.4) is 0 Å². The number of nitrogens with zero attached hydrogens (tertiary/aromatic N) is 1. The first-order valence-electron chi connectivity index (χ1n) is 8.12. The first kappa shape index (κ1) is 13.5. The van der Waals surface area contributed by atoms with Crippen molar-refractivity contribution in [2.75, 3.05) is 0 Å². The lowest BCUT2D eigenvalue weighted by atomic mass is 9.95. The second-order valence-electron chi connectivity index (χ2n) is 6.53. The van der Waals surface area contributed by atoms with Gasteiger partial charge in [-0.2, -0.15) is 0 Å². The Kier molecular flexibility index (Phi) is 2.93. The number of nitrogens with one attached hydrogen (secondary N) is 2. The fourth-order valence-electron chi connectivity index (χ4n) is 3.97. The Morgan fingerprint density at radius 3 is 2.96 bits per heavy atom. The summed E-state index contributed by atoms with van der Waals surface area (Å²) in [5.74, 6) is -0.0521. The van der Waals surface area contributed by atoms with Crippen molar-refractivity contribution in [1.29, 1.82) is 0 Å². The Morgan fingerprint density at radius 1 is 1.22 bits per heavy atom. The van der Waals surface area contributed by atoms with Crippen LogP contribution in [0, 0.1) is 0 Å². The van der Waals surface area contributed by atoms with E-state index < -0.39 is 0 Å². The monoisotopic (exact) mass is 323 g/mol. The molecule has 2 saturated heterocycles. The van der Waals surface area contributed by atoms with Crippen molar-refractivity contribution in [1.82, 2.24) is 15.6 Å². The van der Waals surface area contributed by atoms with Gasteiger partial charge in [-0.25, -0.2) is 0 Å². The predicted molar refractivity (Wildman–Crippen MR) is 92.9 cm³/mol. The Labute approximate surface area is 137 Å². The van der Waals surface area contributed by atoms with Crippen LogP contribution in [0.15, 0.2) is 36.5 Å². The first-order valence-corrected chi connectivity index (χ1v) is 8.94. The van der Waals surface area contributed by atoms with E-state index in [2.05, 4.69) is 27.8 Å². The maximum absolute atomic E-state index is 12.5. The van der Waals surface area contributed by atoms with Crippen LogP contribution in [-0.2, 0) is 0 Å². The third-order valence-electron chi connectivity index (χ3n) is 5.11. The van der Waals surface area contributed by atoms with E-state index in [0.717, 1.165) is 16.5 Å². The average molecular weight is 323 g/mol. The van der Waals surface area contributed by atoms with Crippen LogP contribution in [0.25, 0.3) is 20.2 Å². The third-order valence-corrected chi connectivity index (χ3v) is 6.25. The minimum atomic E-state index is -0.0521. The lowest BCUT2D eigenvalue weighted by Crippen LogP contribution is -2.43. The summed E-state index contributed by atoms with van der Waals surface area (Å²) in [5, 5.41) is 9.06. The van der Waals surface area contributed by atoms with E-state index in [4.69, 9.17) is 0 Å². The summed E-state index contributed by atoms with van der Waals surface area (Å²) in [6.45, 7) is 0. The molecule has 4 nitrogen and oxygen atoms in total. The highest BCUT2D eigenvalue weighted by atomic mass is 32.1. The van der Waals surface area contributed by atoms with E-state index in [1.807, 2.05) is 24.4 Å². The lowest BCUT2D eigenvalue weighted by molar-refractivity contribution is 0.0926. The highest BCUT2D eigenvalue weighted by molar-refractivity contribution is 7.25. The third kappa shape index (κ3) is 2.15. The van der Waals surface area contributed by atoms with E-state index in [-0.39, 0.29) is 11.9 Å². The molecule has 0 saturated carbocycles. The molecule has 2 aromatic heterocycles. The molecule has 23 heavy (non-hydrogen) atoms. The standard InChI is InChI=1S/C18H17N3OS/c22-18(21-14-7-10-5-6-13(14)20-10)15-8-17-12(9-19-15)11-3-1-2-4-16(11)23-17/h1-4,8-10,13-14,20H,5-7H2,(H,21,22)/t10?,13?,14-/m1/s1. The first-order chi connectivity index (χ1) is 11.3. The number of amides is 1. The fourth-order valence-corrected chi connectivity index (χ4v) is 5.09. The maximum atomic E-state index is 12.5. The molecule has 2 bridgehead atoms. The summed E-state index contributed by atoms with van der Waals surface area (Å²) in [4.78, 5) is 16.9. The molecule has 2 unspecified atom stereocenters. The molecule has 1 aromatic carbocycles. The van der Waals surface area contributed by atoms with Gasteiger partial charge in [-0.05, 0) is 31.4 Å². The number of hydrogen-bond acceptors (Lipinski definition) is 4. The summed E-state index contributed by atoms with van der Waals surface area (Å²) in [6.07, 6.45) is 5.28. The number of fused-ring (bicyclic) bond motifs is 5. The summed E-state index contributed by atoms with van der Waals surface area (Å²) in [5.41, 5.74) is 0.520. The van der Waals surface area contributed by atoms with Gasteiger partial charge in [0.05, 0.1) is 0 Å².